The Balaban J connectivity index is 0.00000320. The molecule has 1 aromatic carbocycles. The zero-order chi connectivity index (χ0) is 20.5. The van der Waals surface area contributed by atoms with Crippen LogP contribution in [0.2, 0.25) is 0 Å². The van der Waals surface area contributed by atoms with E-state index in [9.17, 15) is 0 Å². The number of nitrogens with zero attached hydrogens (tertiary/aromatic N) is 5. The predicted octanol–water partition coefficient (Wildman–Crippen LogP) is 2.59. The van der Waals surface area contributed by atoms with Gasteiger partial charge in [-0.15, -0.1) is 24.0 Å². The summed E-state index contributed by atoms with van der Waals surface area (Å²) in [5, 5.41) is 3.61. The topological polar surface area (TPSA) is 37.4 Å². The number of piperazine rings is 1. The Morgan fingerprint density at radius 3 is 2.40 bits per heavy atom. The van der Waals surface area contributed by atoms with Gasteiger partial charge in [0.25, 0.3) is 0 Å². The van der Waals surface area contributed by atoms with E-state index in [2.05, 4.69) is 74.2 Å². The van der Waals surface area contributed by atoms with Crippen LogP contribution in [0.1, 0.15) is 31.4 Å². The molecule has 0 bridgehead atoms. The first-order valence-electron chi connectivity index (χ1n) is 11.4. The van der Waals surface area contributed by atoms with E-state index in [0.29, 0.717) is 6.04 Å². The van der Waals surface area contributed by atoms with Gasteiger partial charge in [-0.05, 0) is 38.5 Å². The van der Waals surface area contributed by atoms with Crippen molar-refractivity contribution in [3.63, 3.8) is 0 Å². The molecule has 30 heavy (non-hydrogen) atoms. The highest BCUT2D eigenvalue weighted by molar-refractivity contribution is 14.0. The van der Waals surface area contributed by atoms with Crippen LogP contribution < -0.4 is 5.32 Å². The van der Waals surface area contributed by atoms with Crippen molar-refractivity contribution in [2.24, 2.45) is 4.99 Å². The summed E-state index contributed by atoms with van der Waals surface area (Å²) in [5.74, 6) is 1.06. The van der Waals surface area contributed by atoms with E-state index in [4.69, 9.17) is 0 Å². The molecule has 2 saturated heterocycles. The summed E-state index contributed by atoms with van der Waals surface area (Å²) in [7, 11) is 4.14. The molecule has 0 aromatic heterocycles. The molecular formula is C23H41IN6. The Morgan fingerprint density at radius 2 is 1.73 bits per heavy atom. The summed E-state index contributed by atoms with van der Waals surface area (Å²) < 4.78 is 0. The highest BCUT2D eigenvalue weighted by atomic mass is 127. The summed E-state index contributed by atoms with van der Waals surface area (Å²) >= 11 is 0. The molecular weight excluding hydrogens is 487 g/mol. The van der Waals surface area contributed by atoms with Gasteiger partial charge in [0, 0.05) is 65.4 Å². The maximum Gasteiger partial charge on any atom is 0.193 e. The van der Waals surface area contributed by atoms with Gasteiger partial charge in [-0.3, -0.25) is 9.89 Å². The van der Waals surface area contributed by atoms with Gasteiger partial charge in [-0.1, -0.05) is 37.3 Å². The number of aliphatic imine (C=N–C) groups is 1. The van der Waals surface area contributed by atoms with E-state index in [1.165, 1.54) is 38.2 Å². The molecule has 2 aliphatic rings. The Bertz CT molecular complexity index is 617. The second-order valence-electron chi connectivity index (χ2n) is 8.33. The van der Waals surface area contributed by atoms with Crippen LogP contribution in [0, 0.1) is 0 Å². The Kier molecular flexibility index (Phi) is 11.4. The zero-order valence-corrected chi connectivity index (χ0v) is 21.4. The van der Waals surface area contributed by atoms with Gasteiger partial charge >= 0.3 is 0 Å². The van der Waals surface area contributed by atoms with E-state index >= 15 is 0 Å². The minimum atomic E-state index is 0. The first-order valence-corrected chi connectivity index (χ1v) is 11.4. The largest absolute Gasteiger partial charge is 0.355 e. The monoisotopic (exact) mass is 528 g/mol. The Morgan fingerprint density at radius 1 is 1.00 bits per heavy atom. The highest BCUT2D eigenvalue weighted by Gasteiger charge is 2.25. The van der Waals surface area contributed by atoms with Crippen molar-refractivity contribution in [2.45, 2.75) is 25.8 Å². The molecule has 7 heteroatoms. The average molecular weight is 529 g/mol. The summed E-state index contributed by atoms with van der Waals surface area (Å²) in [6, 6.07) is 11.5. The smallest absolute Gasteiger partial charge is 0.193 e. The summed E-state index contributed by atoms with van der Waals surface area (Å²) in [6.45, 7) is 13.4. The first kappa shape index (κ1) is 25.4. The molecule has 2 fully saturated rings. The van der Waals surface area contributed by atoms with E-state index < -0.39 is 0 Å². The van der Waals surface area contributed by atoms with E-state index in [1.807, 2.05) is 7.05 Å². The third-order valence-electron chi connectivity index (χ3n) is 6.36. The molecule has 3 rings (SSSR count). The van der Waals surface area contributed by atoms with E-state index in [0.717, 1.165) is 51.6 Å². The zero-order valence-electron chi connectivity index (χ0n) is 19.1. The maximum absolute atomic E-state index is 4.56. The van der Waals surface area contributed by atoms with Crippen molar-refractivity contribution >= 4 is 29.9 Å². The third kappa shape index (κ3) is 7.35. The molecule has 0 amide bonds. The number of hydrogen-bond donors (Lipinski definition) is 1. The summed E-state index contributed by atoms with van der Waals surface area (Å²) in [6.07, 6.45) is 2.43. The minimum absolute atomic E-state index is 0. The standard InChI is InChI=1S/C23H40N6.HI/c1-4-22(21-9-6-5-7-10-21)28-17-19-29(20-18-28)23(24-2)25-11-14-27-13-8-12-26(3)15-16-27;/h5-7,9-10,22H,4,8,11-20H2,1-3H3,(H,24,25);1H. The van der Waals surface area contributed by atoms with Crippen LogP contribution in [0.3, 0.4) is 0 Å². The van der Waals surface area contributed by atoms with Crippen molar-refractivity contribution in [3.05, 3.63) is 35.9 Å². The fraction of sp³-hybridized carbons (Fsp3) is 0.696. The number of rotatable bonds is 6. The quantitative estimate of drug-likeness (QED) is 0.349. The Labute approximate surface area is 200 Å². The van der Waals surface area contributed by atoms with Crippen LogP contribution in [0.15, 0.2) is 35.3 Å². The molecule has 0 radical (unpaired) electrons. The second kappa shape index (κ2) is 13.5. The molecule has 1 unspecified atom stereocenters. The maximum atomic E-state index is 4.56. The number of halogens is 1. The van der Waals surface area contributed by atoms with Crippen molar-refractivity contribution in [1.29, 1.82) is 0 Å². The van der Waals surface area contributed by atoms with Crippen LogP contribution >= 0.6 is 24.0 Å². The molecule has 0 spiro atoms. The number of likely N-dealkylation sites (N-methyl/N-ethyl adjacent to an activating group) is 1. The van der Waals surface area contributed by atoms with Crippen LogP contribution in [-0.4, -0.2) is 105 Å². The van der Waals surface area contributed by atoms with Gasteiger partial charge in [0.05, 0.1) is 0 Å². The Hall–Kier alpha value is -0.900. The first-order chi connectivity index (χ1) is 14.2. The summed E-state index contributed by atoms with van der Waals surface area (Å²) in [4.78, 5) is 14.6. The lowest BCUT2D eigenvalue weighted by Gasteiger charge is -2.40. The van der Waals surface area contributed by atoms with E-state index in [-0.39, 0.29) is 24.0 Å². The molecule has 170 valence electrons. The number of nitrogens with one attached hydrogen (secondary N) is 1. The second-order valence-corrected chi connectivity index (χ2v) is 8.33. The van der Waals surface area contributed by atoms with Crippen LogP contribution in [0.5, 0.6) is 0 Å². The van der Waals surface area contributed by atoms with Crippen molar-refractivity contribution in [2.75, 3.05) is 79.5 Å². The average Bonchev–Trinajstić information content (AvgIpc) is 2.97. The van der Waals surface area contributed by atoms with Gasteiger partial charge in [0.15, 0.2) is 5.96 Å². The lowest BCUT2D eigenvalue weighted by atomic mass is 10.0. The SMILES string of the molecule is CCC(c1ccccc1)N1CCN(C(=NC)NCCN2CCCN(C)CC2)CC1.I. The molecule has 6 nitrogen and oxygen atoms in total. The van der Waals surface area contributed by atoms with Crippen molar-refractivity contribution < 1.29 is 0 Å². The molecule has 1 atom stereocenters. The molecule has 0 aliphatic carbocycles. The van der Waals surface area contributed by atoms with Gasteiger partial charge in [-0.25, -0.2) is 0 Å². The molecule has 2 aliphatic heterocycles. The van der Waals surface area contributed by atoms with Crippen LogP contribution in [-0.2, 0) is 0 Å². The molecule has 1 aromatic rings. The van der Waals surface area contributed by atoms with Gasteiger partial charge < -0.3 is 20.0 Å². The van der Waals surface area contributed by atoms with Crippen molar-refractivity contribution in [1.82, 2.24) is 24.9 Å². The molecule has 2 heterocycles. The third-order valence-corrected chi connectivity index (χ3v) is 6.36. The lowest BCUT2D eigenvalue weighted by molar-refractivity contribution is 0.126. The fourth-order valence-corrected chi connectivity index (χ4v) is 4.61. The summed E-state index contributed by atoms with van der Waals surface area (Å²) in [5.41, 5.74) is 1.44. The van der Waals surface area contributed by atoms with Gasteiger partial charge in [0.1, 0.15) is 0 Å². The predicted molar refractivity (Wildman–Crippen MR) is 138 cm³/mol. The lowest BCUT2D eigenvalue weighted by Crippen LogP contribution is -2.53. The van der Waals surface area contributed by atoms with Gasteiger partial charge in [-0.2, -0.15) is 0 Å². The molecule has 1 N–H and O–H groups in total. The van der Waals surface area contributed by atoms with Gasteiger partial charge in [0.2, 0.25) is 0 Å². The van der Waals surface area contributed by atoms with Crippen LogP contribution in [0.4, 0.5) is 0 Å². The van der Waals surface area contributed by atoms with Crippen LogP contribution in [0.25, 0.3) is 0 Å². The number of hydrogen-bond acceptors (Lipinski definition) is 4. The minimum Gasteiger partial charge on any atom is -0.355 e. The fourth-order valence-electron chi connectivity index (χ4n) is 4.61. The molecule has 0 saturated carbocycles. The highest BCUT2D eigenvalue weighted by Crippen LogP contribution is 2.25. The van der Waals surface area contributed by atoms with E-state index in [1.54, 1.807) is 0 Å². The number of guanidine groups is 1. The van der Waals surface area contributed by atoms with Crippen molar-refractivity contribution in [3.8, 4) is 0 Å². The normalized spacial score (nSPS) is 21.0. The number of benzene rings is 1.